The van der Waals surface area contributed by atoms with Crippen LogP contribution in [0.15, 0.2) is 48.5 Å². The molecular formula is C14H12N2O4. The molecule has 0 aromatic heterocycles. The van der Waals surface area contributed by atoms with Gasteiger partial charge in [-0.2, -0.15) is 0 Å². The quantitative estimate of drug-likeness (QED) is 0.796. The van der Waals surface area contributed by atoms with Crippen LogP contribution in [0.25, 0.3) is 0 Å². The molecule has 0 aliphatic carbocycles. The Kier molecular flexibility index (Phi) is 3.85. The van der Waals surface area contributed by atoms with Crippen LogP contribution in [-0.4, -0.2) is 17.1 Å². The highest BCUT2D eigenvalue weighted by molar-refractivity contribution is 6.04. The Morgan fingerprint density at radius 2 is 1.80 bits per heavy atom. The Bertz CT molecular complexity index is 638. The Hall–Kier alpha value is -3.02. The summed E-state index contributed by atoms with van der Waals surface area (Å²) in [6.07, 6.45) is -0.924. The molecule has 4 N–H and O–H groups in total. The van der Waals surface area contributed by atoms with Crippen LogP contribution >= 0.6 is 0 Å². The third kappa shape index (κ3) is 3.49. The number of ether oxygens (including phenoxy) is 1. The summed E-state index contributed by atoms with van der Waals surface area (Å²) in [6, 6.07) is 12.1. The summed E-state index contributed by atoms with van der Waals surface area (Å²) in [5, 5.41) is 11.8. The van der Waals surface area contributed by atoms with Crippen molar-refractivity contribution >= 4 is 17.7 Å². The number of phenols is 1. The molecule has 2 rings (SSSR count). The largest absolute Gasteiger partial charge is 0.508 e. The number of carbonyl (C=O) groups excluding carboxylic acids is 2. The standard InChI is InChI=1S/C14H12N2O4/c15-14(19)20-12-3-1-2-10(8-12)16-13(18)9-4-6-11(17)7-5-9/h1-8,17H,(H2,15,19)(H,16,18). The molecule has 6 nitrogen and oxygen atoms in total. The van der Waals surface area contributed by atoms with E-state index in [1.54, 1.807) is 18.2 Å². The smallest absolute Gasteiger partial charge is 0.409 e. The van der Waals surface area contributed by atoms with E-state index in [9.17, 15) is 9.59 Å². The van der Waals surface area contributed by atoms with Gasteiger partial charge in [-0.15, -0.1) is 0 Å². The molecule has 102 valence electrons. The minimum atomic E-state index is -0.924. The maximum atomic E-state index is 11.9. The Balaban J connectivity index is 2.11. The Morgan fingerprint density at radius 3 is 2.45 bits per heavy atom. The molecule has 0 saturated heterocycles. The number of amides is 2. The zero-order valence-electron chi connectivity index (χ0n) is 10.4. The number of rotatable bonds is 3. The van der Waals surface area contributed by atoms with E-state index in [4.69, 9.17) is 15.6 Å². The molecule has 0 atom stereocenters. The number of anilines is 1. The van der Waals surface area contributed by atoms with Gasteiger partial charge in [-0.25, -0.2) is 4.79 Å². The predicted molar refractivity (Wildman–Crippen MR) is 72.7 cm³/mol. The molecule has 0 aliphatic heterocycles. The summed E-state index contributed by atoms with van der Waals surface area (Å²) in [6.45, 7) is 0. The van der Waals surface area contributed by atoms with E-state index in [1.165, 1.54) is 30.3 Å². The maximum absolute atomic E-state index is 11.9. The fraction of sp³-hybridized carbons (Fsp3) is 0. The van der Waals surface area contributed by atoms with Gasteiger partial charge < -0.3 is 20.9 Å². The first-order valence-corrected chi connectivity index (χ1v) is 5.72. The summed E-state index contributed by atoms with van der Waals surface area (Å²) >= 11 is 0. The number of hydrogen-bond donors (Lipinski definition) is 3. The van der Waals surface area contributed by atoms with Gasteiger partial charge in [-0.3, -0.25) is 4.79 Å². The topological polar surface area (TPSA) is 102 Å². The van der Waals surface area contributed by atoms with Crippen molar-refractivity contribution in [2.24, 2.45) is 5.73 Å². The molecule has 2 aromatic rings. The molecule has 6 heteroatoms. The van der Waals surface area contributed by atoms with E-state index < -0.39 is 6.09 Å². The minimum absolute atomic E-state index is 0.0819. The lowest BCUT2D eigenvalue weighted by Gasteiger charge is -2.07. The molecule has 0 unspecified atom stereocenters. The van der Waals surface area contributed by atoms with Gasteiger partial charge in [0.2, 0.25) is 0 Å². The Labute approximate surface area is 114 Å². The molecule has 0 spiro atoms. The van der Waals surface area contributed by atoms with Crippen LogP contribution in [0, 0.1) is 0 Å². The molecule has 0 fully saturated rings. The van der Waals surface area contributed by atoms with Gasteiger partial charge in [-0.05, 0) is 36.4 Å². The van der Waals surface area contributed by atoms with Crippen molar-refractivity contribution in [1.29, 1.82) is 0 Å². The van der Waals surface area contributed by atoms with Crippen LogP contribution in [0.4, 0.5) is 10.5 Å². The van der Waals surface area contributed by atoms with Gasteiger partial charge in [0.15, 0.2) is 0 Å². The van der Waals surface area contributed by atoms with Gasteiger partial charge >= 0.3 is 6.09 Å². The first-order valence-electron chi connectivity index (χ1n) is 5.72. The van der Waals surface area contributed by atoms with Crippen molar-refractivity contribution in [2.45, 2.75) is 0 Å². The van der Waals surface area contributed by atoms with Crippen LogP contribution in [0.1, 0.15) is 10.4 Å². The molecule has 0 radical (unpaired) electrons. The SMILES string of the molecule is NC(=O)Oc1cccc(NC(=O)c2ccc(O)cc2)c1. The number of hydrogen-bond acceptors (Lipinski definition) is 4. The van der Waals surface area contributed by atoms with E-state index in [1.807, 2.05) is 0 Å². The summed E-state index contributed by atoms with van der Waals surface area (Å²) in [4.78, 5) is 22.6. The van der Waals surface area contributed by atoms with E-state index in [0.29, 0.717) is 11.3 Å². The average Bonchev–Trinajstić information content (AvgIpc) is 2.39. The van der Waals surface area contributed by atoms with Crippen LogP contribution < -0.4 is 15.8 Å². The molecular weight excluding hydrogens is 260 g/mol. The normalized spacial score (nSPS) is 9.80. The fourth-order valence-corrected chi connectivity index (χ4v) is 1.57. The van der Waals surface area contributed by atoms with E-state index >= 15 is 0 Å². The number of nitrogens with one attached hydrogen (secondary N) is 1. The second-order valence-electron chi connectivity index (χ2n) is 3.95. The van der Waals surface area contributed by atoms with E-state index in [-0.39, 0.29) is 17.4 Å². The minimum Gasteiger partial charge on any atom is -0.508 e. The number of aromatic hydroxyl groups is 1. The first-order chi connectivity index (χ1) is 9.54. The maximum Gasteiger partial charge on any atom is 0.409 e. The molecule has 20 heavy (non-hydrogen) atoms. The lowest BCUT2D eigenvalue weighted by molar-refractivity contribution is 0.102. The second kappa shape index (κ2) is 5.75. The summed E-state index contributed by atoms with van der Waals surface area (Å²) in [5.41, 5.74) is 5.76. The Morgan fingerprint density at radius 1 is 1.10 bits per heavy atom. The van der Waals surface area contributed by atoms with Crippen LogP contribution in [0.2, 0.25) is 0 Å². The molecule has 2 amide bonds. The summed E-state index contributed by atoms with van der Waals surface area (Å²) < 4.78 is 4.71. The molecule has 2 aromatic carbocycles. The van der Waals surface area contributed by atoms with Crippen molar-refractivity contribution in [3.63, 3.8) is 0 Å². The highest BCUT2D eigenvalue weighted by atomic mass is 16.5. The summed E-state index contributed by atoms with van der Waals surface area (Å²) in [7, 11) is 0. The van der Waals surface area contributed by atoms with E-state index in [2.05, 4.69) is 5.32 Å². The zero-order valence-corrected chi connectivity index (χ0v) is 10.4. The predicted octanol–water partition coefficient (Wildman–Crippen LogP) is 2.10. The zero-order chi connectivity index (χ0) is 14.5. The van der Waals surface area contributed by atoms with Crippen molar-refractivity contribution in [3.05, 3.63) is 54.1 Å². The molecule has 0 bridgehead atoms. The summed E-state index contributed by atoms with van der Waals surface area (Å²) in [5.74, 6) is -0.0272. The highest BCUT2D eigenvalue weighted by Gasteiger charge is 2.07. The van der Waals surface area contributed by atoms with Crippen molar-refractivity contribution in [3.8, 4) is 11.5 Å². The number of carbonyl (C=O) groups is 2. The number of phenolic OH excluding ortho intramolecular Hbond substituents is 1. The molecule has 0 saturated carbocycles. The van der Waals surface area contributed by atoms with Crippen molar-refractivity contribution < 1.29 is 19.4 Å². The van der Waals surface area contributed by atoms with Gasteiger partial charge in [0.05, 0.1) is 0 Å². The lowest BCUT2D eigenvalue weighted by Crippen LogP contribution is -2.16. The van der Waals surface area contributed by atoms with Crippen molar-refractivity contribution in [2.75, 3.05) is 5.32 Å². The van der Waals surface area contributed by atoms with E-state index in [0.717, 1.165) is 0 Å². The number of primary amides is 1. The van der Waals surface area contributed by atoms with Gasteiger partial charge in [-0.1, -0.05) is 6.07 Å². The van der Waals surface area contributed by atoms with Crippen molar-refractivity contribution in [1.82, 2.24) is 0 Å². The first kappa shape index (κ1) is 13.4. The van der Waals surface area contributed by atoms with Crippen LogP contribution in [-0.2, 0) is 0 Å². The monoisotopic (exact) mass is 272 g/mol. The number of nitrogens with two attached hydrogens (primary N) is 1. The second-order valence-corrected chi connectivity index (χ2v) is 3.95. The van der Waals surface area contributed by atoms with Gasteiger partial charge in [0, 0.05) is 17.3 Å². The lowest BCUT2D eigenvalue weighted by atomic mass is 10.2. The molecule has 0 aliphatic rings. The van der Waals surface area contributed by atoms with Gasteiger partial charge in [0.1, 0.15) is 11.5 Å². The number of benzene rings is 2. The molecule has 0 heterocycles. The van der Waals surface area contributed by atoms with Crippen LogP contribution in [0.5, 0.6) is 11.5 Å². The average molecular weight is 272 g/mol. The highest BCUT2D eigenvalue weighted by Crippen LogP contribution is 2.18. The fourth-order valence-electron chi connectivity index (χ4n) is 1.57. The third-order valence-electron chi connectivity index (χ3n) is 2.44. The van der Waals surface area contributed by atoms with Gasteiger partial charge in [0.25, 0.3) is 5.91 Å². The van der Waals surface area contributed by atoms with Crippen LogP contribution in [0.3, 0.4) is 0 Å². The third-order valence-corrected chi connectivity index (χ3v) is 2.44.